The molecular formula is C25H24N4O2S. The Labute approximate surface area is 192 Å². The molecule has 0 bridgehead atoms. The van der Waals surface area contributed by atoms with Crippen LogP contribution in [-0.4, -0.2) is 26.2 Å². The summed E-state index contributed by atoms with van der Waals surface area (Å²) in [6, 6.07) is 22.0. The van der Waals surface area contributed by atoms with Gasteiger partial charge >= 0.3 is 0 Å². The van der Waals surface area contributed by atoms with Crippen molar-refractivity contribution < 1.29 is 9.15 Å². The average Bonchev–Trinajstić information content (AvgIpc) is 3.57. The lowest BCUT2D eigenvalue weighted by Gasteiger charge is -2.28. The summed E-state index contributed by atoms with van der Waals surface area (Å²) in [4.78, 5) is 6.80. The van der Waals surface area contributed by atoms with Gasteiger partial charge in [-0.1, -0.05) is 6.07 Å². The molecule has 2 atom stereocenters. The Bertz CT molecular complexity index is 1170. The van der Waals surface area contributed by atoms with E-state index in [-0.39, 0.29) is 12.1 Å². The number of hydrogen-bond acceptors (Lipinski definition) is 4. The number of hydrogen-bond donors (Lipinski definition) is 1. The third-order valence-corrected chi connectivity index (χ3v) is 5.97. The van der Waals surface area contributed by atoms with Crippen molar-refractivity contribution in [3.63, 3.8) is 0 Å². The molecule has 0 aliphatic carbocycles. The fourth-order valence-electron chi connectivity index (χ4n) is 4.21. The Morgan fingerprint density at radius 2 is 1.94 bits per heavy atom. The average molecular weight is 445 g/mol. The Morgan fingerprint density at radius 1 is 1.06 bits per heavy atom. The molecule has 32 heavy (non-hydrogen) atoms. The van der Waals surface area contributed by atoms with Crippen molar-refractivity contribution >= 4 is 17.3 Å². The van der Waals surface area contributed by atoms with E-state index < -0.39 is 0 Å². The fourth-order valence-corrected chi connectivity index (χ4v) is 4.51. The number of furan rings is 1. The van der Waals surface area contributed by atoms with Crippen LogP contribution in [0.25, 0.3) is 5.69 Å². The summed E-state index contributed by atoms with van der Waals surface area (Å²) in [6.07, 6.45) is 5.58. The van der Waals surface area contributed by atoms with E-state index in [4.69, 9.17) is 21.4 Å². The van der Waals surface area contributed by atoms with Gasteiger partial charge in [-0.25, -0.2) is 0 Å². The van der Waals surface area contributed by atoms with Crippen LogP contribution in [0.3, 0.4) is 0 Å². The van der Waals surface area contributed by atoms with Crippen molar-refractivity contribution in [3.05, 3.63) is 103 Å². The van der Waals surface area contributed by atoms with Crippen molar-refractivity contribution in [3.8, 4) is 11.4 Å². The summed E-state index contributed by atoms with van der Waals surface area (Å²) in [5.41, 5.74) is 3.12. The Morgan fingerprint density at radius 3 is 2.66 bits per heavy atom. The van der Waals surface area contributed by atoms with Crippen molar-refractivity contribution in [2.75, 3.05) is 6.61 Å². The second-order valence-electron chi connectivity index (χ2n) is 7.56. The molecule has 3 aromatic heterocycles. The monoisotopic (exact) mass is 444 g/mol. The van der Waals surface area contributed by atoms with Gasteiger partial charge in [0.15, 0.2) is 5.11 Å². The van der Waals surface area contributed by atoms with Crippen molar-refractivity contribution in [1.82, 2.24) is 19.8 Å². The molecular weight excluding hydrogens is 420 g/mol. The normalized spacial score (nSPS) is 18.0. The highest BCUT2D eigenvalue weighted by atomic mass is 32.1. The molecule has 1 aliphatic rings. The molecule has 5 rings (SSSR count). The molecule has 0 amide bonds. The molecule has 4 aromatic rings. The zero-order chi connectivity index (χ0) is 21.9. The van der Waals surface area contributed by atoms with E-state index in [1.165, 1.54) is 0 Å². The molecule has 1 saturated heterocycles. The first-order valence-electron chi connectivity index (χ1n) is 10.7. The quantitative estimate of drug-likeness (QED) is 0.403. The third kappa shape index (κ3) is 3.87. The van der Waals surface area contributed by atoms with Crippen molar-refractivity contribution in [2.45, 2.75) is 25.6 Å². The first-order valence-corrected chi connectivity index (χ1v) is 11.1. The molecule has 1 N–H and O–H groups in total. The summed E-state index contributed by atoms with van der Waals surface area (Å²) >= 11 is 5.77. The van der Waals surface area contributed by atoms with E-state index in [2.05, 4.69) is 50.2 Å². The maximum absolute atomic E-state index is 5.77. The van der Waals surface area contributed by atoms with Gasteiger partial charge < -0.3 is 23.9 Å². The van der Waals surface area contributed by atoms with Crippen LogP contribution in [0.15, 0.2) is 89.8 Å². The molecule has 1 aliphatic heterocycles. The van der Waals surface area contributed by atoms with Gasteiger partial charge in [0.1, 0.15) is 11.5 Å². The predicted molar refractivity (Wildman–Crippen MR) is 127 cm³/mol. The second kappa shape index (κ2) is 8.88. The highest BCUT2D eigenvalue weighted by Gasteiger charge is 2.41. The van der Waals surface area contributed by atoms with Gasteiger partial charge in [0, 0.05) is 23.8 Å². The minimum Gasteiger partial charge on any atom is -0.494 e. The van der Waals surface area contributed by atoms with Crippen LogP contribution >= 0.6 is 12.2 Å². The number of benzene rings is 1. The SMILES string of the molecule is CCOc1ccc(-n2cccc2[C@@H]2[C@H](c3ccccn3)NC(=S)N2Cc2ccco2)cc1. The summed E-state index contributed by atoms with van der Waals surface area (Å²) < 4.78 is 13.4. The van der Waals surface area contributed by atoms with Crippen LogP contribution in [0.1, 0.15) is 36.2 Å². The maximum atomic E-state index is 5.77. The lowest BCUT2D eigenvalue weighted by molar-refractivity contribution is 0.280. The standard InChI is InChI=1S/C25H24N4O2S/c1-2-30-19-12-10-18(11-13-19)28-15-5-9-22(28)24-23(21-8-3-4-14-26-21)27-25(32)29(24)17-20-7-6-16-31-20/h3-16,23-24H,2,17H2,1H3,(H,27,32)/t23-,24+/m0/s1. The zero-order valence-corrected chi connectivity index (χ0v) is 18.5. The summed E-state index contributed by atoms with van der Waals surface area (Å²) in [7, 11) is 0. The minimum atomic E-state index is -0.0880. The Kier molecular flexibility index (Phi) is 5.64. The number of rotatable bonds is 7. The van der Waals surface area contributed by atoms with Crippen LogP contribution < -0.4 is 10.1 Å². The van der Waals surface area contributed by atoms with E-state index in [1.807, 2.05) is 55.6 Å². The van der Waals surface area contributed by atoms with Crippen molar-refractivity contribution in [1.29, 1.82) is 0 Å². The maximum Gasteiger partial charge on any atom is 0.170 e. The molecule has 4 heterocycles. The summed E-state index contributed by atoms with van der Waals surface area (Å²) in [5, 5.41) is 4.18. The fraction of sp³-hybridized carbons (Fsp3) is 0.200. The lowest BCUT2D eigenvalue weighted by atomic mass is 10.0. The minimum absolute atomic E-state index is 0.0657. The largest absolute Gasteiger partial charge is 0.494 e. The van der Waals surface area contributed by atoms with Gasteiger partial charge in [0.25, 0.3) is 0 Å². The van der Waals surface area contributed by atoms with Gasteiger partial charge in [0.05, 0.1) is 37.2 Å². The van der Waals surface area contributed by atoms with E-state index >= 15 is 0 Å². The Balaban J connectivity index is 1.56. The first-order chi connectivity index (χ1) is 15.7. The zero-order valence-electron chi connectivity index (χ0n) is 17.7. The Hall–Kier alpha value is -3.58. The van der Waals surface area contributed by atoms with Gasteiger partial charge in [0.2, 0.25) is 0 Å². The lowest BCUT2D eigenvalue weighted by Crippen LogP contribution is -2.29. The van der Waals surface area contributed by atoms with E-state index in [1.54, 1.807) is 6.26 Å². The van der Waals surface area contributed by atoms with Crippen LogP contribution in [0, 0.1) is 0 Å². The van der Waals surface area contributed by atoms with Crippen LogP contribution in [-0.2, 0) is 6.54 Å². The van der Waals surface area contributed by atoms with Gasteiger partial charge in [-0.05, 0) is 79.8 Å². The first kappa shape index (κ1) is 20.3. The third-order valence-electron chi connectivity index (χ3n) is 5.61. The topological polar surface area (TPSA) is 55.5 Å². The van der Waals surface area contributed by atoms with Gasteiger partial charge in [-0.2, -0.15) is 0 Å². The molecule has 1 fully saturated rings. The molecule has 0 radical (unpaired) electrons. The van der Waals surface area contributed by atoms with Gasteiger partial charge in [-0.15, -0.1) is 0 Å². The highest BCUT2D eigenvalue weighted by molar-refractivity contribution is 7.80. The number of ether oxygens (including phenoxy) is 1. The number of aromatic nitrogens is 2. The molecule has 1 aromatic carbocycles. The molecule has 0 spiro atoms. The van der Waals surface area contributed by atoms with E-state index in [0.29, 0.717) is 18.3 Å². The smallest absolute Gasteiger partial charge is 0.170 e. The molecule has 0 saturated carbocycles. The second-order valence-corrected chi connectivity index (χ2v) is 7.95. The summed E-state index contributed by atoms with van der Waals surface area (Å²) in [6.45, 7) is 3.20. The van der Waals surface area contributed by atoms with Crippen molar-refractivity contribution in [2.24, 2.45) is 0 Å². The number of pyridine rings is 1. The summed E-state index contributed by atoms with van der Waals surface area (Å²) in [5.74, 6) is 1.72. The molecule has 7 heteroatoms. The predicted octanol–water partition coefficient (Wildman–Crippen LogP) is 5.04. The number of nitrogens with zero attached hydrogens (tertiary/aromatic N) is 3. The molecule has 0 unspecified atom stereocenters. The van der Waals surface area contributed by atoms with Crippen LogP contribution in [0.4, 0.5) is 0 Å². The van der Waals surface area contributed by atoms with E-state index in [0.717, 1.165) is 28.6 Å². The van der Waals surface area contributed by atoms with Gasteiger partial charge in [-0.3, -0.25) is 4.98 Å². The highest BCUT2D eigenvalue weighted by Crippen LogP contribution is 2.40. The van der Waals surface area contributed by atoms with Crippen LogP contribution in [0.2, 0.25) is 0 Å². The molecule has 6 nitrogen and oxygen atoms in total. The number of thiocarbonyl (C=S) groups is 1. The number of nitrogens with one attached hydrogen (secondary N) is 1. The molecule has 162 valence electrons. The van der Waals surface area contributed by atoms with Crippen LogP contribution in [0.5, 0.6) is 5.75 Å². The van der Waals surface area contributed by atoms with E-state index in [9.17, 15) is 0 Å².